The fourth-order valence-corrected chi connectivity index (χ4v) is 1.89. The Morgan fingerprint density at radius 2 is 2.06 bits per heavy atom. The van der Waals surface area contributed by atoms with Crippen LogP contribution < -0.4 is 0 Å². The molecule has 2 nitrogen and oxygen atoms in total. The van der Waals surface area contributed by atoms with Gasteiger partial charge in [0.2, 0.25) is 0 Å². The van der Waals surface area contributed by atoms with Crippen molar-refractivity contribution in [1.82, 2.24) is 0 Å². The van der Waals surface area contributed by atoms with Crippen LogP contribution in [-0.4, -0.2) is 5.78 Å². The molecule has 0 saturated carbocycles. The molecule has 0 amide bonds. The molecule has 3 heteroatoms. The second kappa shape index (κ2) is 4.76. The van der Waals surface area contributed by atoms with Gasteiger partial charge in [-0.3, -0.25) is 4.79 Å². The normalized spacial score (nSPS) is 10.5. The lowest BCUT2D eigenvalue weighted by Crippen LogP contribution is -1.93. The highest BCUT2D eigenvalue weighted by Gasteiger charge is 2.09. The first-order valence-electron chi connectivity index (χ1n) is 5.41. The minimum atomic E-state index is 0.0914. The van der Waals surface area contributed by atoms with Crippen LogP contribution in [0.2, 0.25) is 5.02 Å². The molecule has 0 radical (unpaired) electrons. The number of halogens is 1. The Morgan fingerprint density at radius 3 is 2.76 bits per heavy atom. The molecule has 0 aliphatic rings. The highest BCUT2D eigenvalue weighted by Crippen LogP contribution is 2.28. The van der Waals surface area contributed by atoms with Crippen molar-refractivity contribution < 1.29 is 9.21 Å². The molecular formula is C14H13ClO2. The van der Waals surface area contributed by atoms with Gasteiger partial charge in [-0.05, 0) is 43.7 Å². The van der Waals surface area contributed by atoms with Crippen molar-refractivity contribution in [3.8, 4) is 11.3 Å². The molecule has 0 atom stereocenters. The lowest BCUT2D eigenvalue weighted by Gasteiger charge is -2.02. The Hall–Kier alpha value is -1.54. The molecule has 0 spiro atoms. The molecule has 0 saturated heterocycles. The number of benzene rings is 1. The van der Waals surface area contributed by atoms with Crippen LogP contribution in [0, 0.1) is 6.92 Å². The van der Waals surface area contributed by atoms with Gasteiger partial charge < -0.3 is 4.42 Å². The summed E-state index contributed by atoms with van der Waals surface area (Å²) in [5.41, 5.74) is 2.06. The SMILES string of the molecule is CC(=O)Cc1ccc(-c2cc(Cl)ccc2C)o1. The maximum atomic E-state index is 11.0. The first kappa shape index (κ1) is 11.9. The van der Waals surface area contributed by atoms with E-state index in [4.69, 9.17) is 16.0 Å². The van der Waals surface area contributed by atoms with E-state index in [1.54, 1.807) is 6.92 Å². The first-order valence-corrected chi connectivity index (χ1v) is 5.79. The van der Waals surface area contributed by atoms with E-state index < -0.39 is 0 Å². The molecule has 0 N–H and O–H groups in total. The molecule has 1 heterocycles. The maximum Gasteiger partial charge on any atom is 0.137 e. The maximum absolute atomic E-state index is 11.0. The zero-order valence-corrected chi connectivity index (χ0v) is 10.5. The van der Waals surface area contributed by atoms with Gasteiger partial charge in [-0.15, -0.1) is 0 Å². The average molecular weight is 249 g/mol. The molecule has 17 heavy (non-hydrogen) atoms. The number of rotatable bonds is 3. The van der Waals surface area contributed by atoms with Gasteiger partial charge in [-0.2, -0.15) is 0 Å². The number of hydrogen-bond acceptors (Lipinski definition) is 2. The zero-order valence-electron chi connectivity index (χ0n) is 9.79. The van der Waals surface area contributed by atoms with Gasteiger partial charge in [0.1, 0.15) is 17.3 Å². The number of carbonyl (C=O) groups excluding carboxylic acids is 1. The molecule has 2 rings (SSSR count). The lowest BCUT2D eigenvalue weighted by atomic mass is 10.1. The Labute approximate surface area is 105 Å². The largest absolute Gasteiger partial charge is 0.461 e. The number of furan rings is 1. The van der Waals surface area contributed by atoms with Gasteiger partial charge in [-0.1, -0.05) is 17.7 Å². The van der Waals surface area contributed by atoms with Gasteiger partial charge in [0, 0.05) is 10.6 Å². The van der Waals surface area contributed by atoms with Crippen molar-refractivity contribution in [1.29, 1.82) is 0 Å². The monoisotopic (exact) mass is 248 g/mol. The minimum absolute atomic E-state index is 0.0914. The number of hydrogen-bond donors (Lipinski definition) is 0. The summed E-state index contributed by atoms with van der Waals surface area (Å²) in [6, 6.07) is 9.37. The van der Waals surface area contributed by atoms with E-state index in [1.165, 1.54) is 0 Å². The van der Waals surface area contributed by atoms with E-state index in [1.807, 2.05) is 37.3 Å². The fraction of sp³-hybridized carbons (Fsp3) is 0.214. The van der Waals surface area contributed by atoms with Gasteiger partial charge in [0.05, 0.1) is 6.42 Å². The van der Waals surface area contributed by atoms with Crippen LogP contribution in [-0.2, 0) is 11.2 Å². The van der Waals surface area contributed by atoms with Crippen LogP contribution in [0.3, 0.4) is 0 Å². The minimum Gasteiger partial charge on any atom is -0.461 e. The van der Waals surface area contributed by atoms with Crippen molar-refractivity contribution >= 4 is 17.4 Å². The summed E-state index contributed by atoms with van der Waals surface area (Å²) >= 11 is 5.96. The topological polar surface area (TPSA) is 30.2 Å². The third-order valence-corrected chi connectivity index (χ3v) is 2.79. The Bertz CT molecular complexity index is 555. The summed E-state index contributed by atoms with van der Waals surface area (Å²) in [7, 11) is 0. The molecule has 0 unspecified atom stereocenters. The van der Waals surface area contributed by atoms with Crippen molar-refractivity contribution in [2.24, 2.45) is 0 Å². The number of carbonyl (C=O) groups is 1. The summed E-state index contributed by atoms with van der Waals surface area (Å²) in [5.74, 6) is 1.53. The number of aryl methyl sites for hydroxylation is 1. The first-order chi connectivity index (χ1) is 8.06. The van der Waals surface area contributed by atoms with E-state index in [9.17, 15) is 4.79 Å². The Kier molecular flexibility index (Phi) is 3.34. The smallest absolute Gasteiger partial charge is 0.137 e. The third-order valence-electron chi connectivity index (χ3n) is 2.55. The van der Waals surface area contributed by atoms with Gasteiger partial charge in [0.15, 0.2) is 0 Å². The molecule has 0 fully saturated rings. The second-order valence-electron chi connectivity index (χ2n) is 4.10. The molecule has 0 aliphatic heterocycles. The van der Waals surface area contributed by atoms with Crippen LogP contribution in [0.25, 0.3) is 11.3 Å². The fourth-order valence-electron chi connectivity index (χ4n) is 1.72. The third kappa shape index (κ3) is 2.77. The van der Waals surface area contributed by atoms with E-state index in [0.29, 0.717) is 17.2 Å². The molecule has 1 aromatic heterocycles. The summed E-state index contributed by atoms with van der Waals surface area (Å²) in [6.07, 6.45) is 0.333. The number of Topliss-reactive ketones (excluding diaryl/α,β-unsaturated/α-hetero) is 1. The number of ketones is 1. The summed E-state index contributed by atoms with van der Waals surface area (Å²) in [6.45, 7) is 3.55. The summed E-state index contributed by atoms with van der Waals surface area (Å²) in [5, 5.41) is 0.676. The predicted molar refractivity (Wildman–Crippen MR) is 68.3 cm³/mol. The Balaban J connectivity index is 2.36. The Morgan fingerprint density at radius 1 is 1.29 bits per heavy atom. The van der Waals surface area contributed by atoms with Gasteiger partial charge in [-0.25, -0.2) is 0 Å². The van der Waals surface area contributed by atoms with Crippen LogP contribution in [0.4, 0.5) is 0 Å². The molecule has 1 aromatic carbocycles. The van der Waals surface area contributed by atoms with E-state index >= 15 is 0 Å². The molecule has 88 valence electrons. The van der Waals surface area contributed by atoms with Crippen molar-refractivity contribution in [2.75, 3.05) is 0 Å². The quantitative estimate of drug-likeness (QED) is 0.821. The van der Waals surface area contributed by atoms with Crippen LogP contribution >= 0.6 is 11.6 Å². The van der Waals surface area contributed by atoms with Gasteiger partial charge >= 0.3 is 0 Å². The molecule has 0 aliphatic carbocycles. The van der Waals surface area contributed by atoms with Crippen molar-refractivity contribution in [3.63, 3.8) is 0 Å². The van der Waals surface area contributed by atoms with E-state index in [0.717, 1.165) is 16.9 Å². The molecule has 2 aromatic rings. The van der Waals surface area contributed by atoms with Crippen LogP contribution in [0.5, 0.6) is 0 Å². The predicted octanol–water partition coefficient (Wildman–Crippen LogP) is 4.04. The standard InChI is InChI=1S/C14H13ClO2/c1-9-3-4-11(15)8-13(9)14-6-5-12(17-14)7-10(2)16/h3-6,8H,7H2,1-2H3. The second-order valence-corrected chi connectivity index (χ2v) is 4.54. The highest BCUT2D eigenvalue weighted by atomic mass is 35.5. The van der Waals surface area contributed by atoms with Crippen molar-refractivity contribution in [2.45, 2.75) is 20.3 Å². The van der Waals surface area contributed by atoms with Crippen molar-refractivity contribution in [3.05, 3.63) is 46.7 Å². The van der Waals surface area contributed by atoms with E-state index in [2.05, 4.69) is 0 Å². The lowest BCUT2D eigenvalue weighted by molar-refractivity contribution is -0.116. The average Bonchev–Trinajstić information content (AvgIpc) is 2.69. The molecular weight excluding hydrogens is 236 g/mol. The molecule has 0 bridgehead atoms. The summed E-state index contributed by atoms with van der Waals surface area (Å²) in [4.78, 5) is 11.0. The summed E-state index contributed by atoms with van der Waals surface area (Å²) < 4.78 is 5.64. The van der Waals surface area contributed by atoms with Crippen LogP contribution in [0.15, 0.2) is 34.7 Å². The van der Waals surface area contributed by atoms with E-state index in [-0.39, 0.29) is 5.78 Å². The van der Waals surface area contributed by atoms with Gasteiger partial charge in [0.25, 0.3) is 0 Å². The zero-order chi connectivity index (χ0) is 12.4. The van der Waals surface area contributed by atoms with Crippen LogP contribution in [0.1, 0.15) is 18.2 Å². The highest BCUT2D eigenvalue weighted by molar-refractivity contribution is 6.30.